The molecule has 0 unspecified atom stereocenters. The fourth-order valence-electron chi connectivity index (χ4n) is 3.24. The van der Waals surface area contributed by atoms with Gasteiger partial charge in [0.2, 0.25) is 0 Å². The zero-order valence-electron chi connectivity index (χ0n) is 18.8. The summed E-state index contributed by atoms with van der Waals surface area (Å²) in [6.07, 6.45) is 1.66. The second kappa shape index (κ2) is 10.2. The molecule has 4 N–H and O–H groups in total. The lowest BCUT2D eigenvalue weighted by atomic mass is 10.1. The van der Waals surface area contributed by atoms with Gasteiger partial charge in [0.1, 0.15) is 17.1 Å². The average molecular weight is 513 g/mol. The van der Waals surface area contributed by atoms with Crippen molar-refractivity contribution in [3.05, 3.63) is 53.3 Å². The zero-order chi connectivity index (χ0) is 24.1. The Labute approximate surface area is 199 Å². The minimum atomic E-state index is 0.575. The van der Waals surface area contributed by atoms with Crippen LogP contribution >= 0.6 is 15.9 Å². The number of nitrogens with two attached hydrogens (primary N) is 2. The van der Waals surface area contributed by atoms with Crippen LogP contribution in [0.4, 0.5) is 11.4 Å². The van der Waals surface area contributed by atoms with Crippen LogP contribution in [0.1, 0.15) is 5.69 Å². The van der Waals surface area contributed by atoms with E-state index in [2.05, 4.69) is 42.9 Å². The van der Waals surface area contributed by atoms with Gasteiger partial charge in [-0.15, -0.1) is 5.10 Å². The van der Waals surface area contributed by atoms with E-state index in [0.717, 1.165) is 11.1 Å². The summed E-state index contributed by atoms with van der Waals surface area (Å²) in [6, 6.07) is 11.1. The Morgan fingerprint density at radius 1 is 0.818 bits per heavy atom. The predicted octanol–water partition coefficient (Wildman–Crippen LogP) is 3.55. The van der Waals surface area contributed by atoms with E-state index in [0.29, 0.717) is 44.6 Å². The Balaban J connectivity index is 0.000000186. The first-order chi connectivity index (χ1) is 15.8. The van der Waals surface area contributed by atoms with Crippen molar-refractivity contribution in [2.24, 2.45) is 14.1 Å². The quantitative estimate of drug-likeness (QED) is 0.388. The molecule has 10 nitrogen and oxygen atoms in total. The Morgan fingerprint density at radius 2 is 1.30 bits per heavy atom. The Kier molecular flexibility index (Phi) is 7.34. The minimum absolute atomic E-state index is 0.575. The van der Waals surface area contributed by atoms with E-state index in [4.69, 9.17) is 20.9 Å². The summed E-state index contributed by atoms with van der Waals surface area (Å²) < 4.78 is 11.2. The third-order valence-corrected chi connectivity index (χ3v) is 5.15. The first kappa shape index (κ1) is 23.8. The molecule has 0 aliphatic heterocycles. The third kappa shape index (κ3) is 4.98. The number of aryl methyl sites for hydroxylation is 2. The van der Waals surface area contributed by atoms with Crippen molar-refractivity contribution < 1.29 is 9.47 Å². The number of hydrogen-bond donors (Lipinski definition) is 2. The van der Waals surface area contributed by atoms with E-state index < -0.39 is 0 Å². The molecular formula is C22H25BrN8O2. The second-order valence-corrected chi connectivity index (χ2v) is 7.56. The van der Waals surface area contributed by atoms with Gasteiger partial charge in [0.15, 0.2) is 16.1 Å². The Morgan fingerprint density at radius 3 is 1.76 bits per heavy atom. The number of ether oxygens (including phenoxy) is 2. The van der Waals surface area contributed by atoms with Crippen molar-refractivity contribution in [3.8, 4) is 34.0 Å². The summed E-state index contributed by atoms with van der Waals surface area (Å²) >= 11 is 3.35. The lowest BCUT2D eigenvalue weighted by Gasteiger charge is -2.08. The van der Waals surface area contributed by atoms with Crippen molar-refractivity contribution in [1.29, 1.82) is 0 Å². The molecule has 4 rings (SSSR count). The Bertz CT molecular complexity index is 1280. The highest BCUT2D eigenvalue weighted by Gasteiger charge is 2.16. The number of aromatic nitrogens is 6. The molecule has 172 valence electrons. The van der Waals surface area contributed by atoms with Crippen LogP contribution in [0.3, 0.4) is 0 Å². The second-order valence-electron chi connectivity index (χ2n) is 6.81. The van der Waals surface area contributed by atoms with Gasteiger partial charge in [0.05, 0.1) is 25.6 Å². The van der Waals surface area contributed by atoms with Gasteiger partial charge in [0.25, 0.3) is 0 Å². The van der Waals surface area contributed by atoms with Gasteiger partial charge in [-0.1, -0.05) is 18.7 Å². The smallest absolute Gasteiger partial charge is 0.156 e. The van der Waals surface area contributed by atoms with Crippen molar-refractivity contribution in [2.45, 2.75) is 0 Å². The van der Waals surface area contributed by atoms with Crippen molar-refractivity contribution in [2.75, 3.05) is 25.7 Å². The van der Waals surface area contributed by atoms with Gasteiger partial charge in [-0.25, -0.2) is 0 Å². The van der Waals surface area contributed by atoms with Crippen LogP contribution in [0.15, 0.2) is 47.6 Å². The molecule has 2 heterocycles. The summed E-state index contributed by atoms with van der Waals surface area (Å²) in [5.41, 5.74) is 16.6. The highest BCUT2D eigenvalue weighted by atomic mass is 79.9. The number of nitrogen functional groups attached to an aromatic ring is 2. The van der Waals surface area contributed by atoms with E-state index >= 15 is 0 Å². The number of anilines is 2. The molecule has 0 radical (unpaired) electrons. The first-order valence-electron chi connectivity index (χ1n) is 9.76. The van der Waals surface area contributed by atoms with E-state index in [9.17, 15) is 0 Å². The molecule has 0 saturated carbocycles. The van der Waals surface area contributed by atoms with Gasteiger partial charge in [-0.3, -0.25) is 0 Å². The maximum Gasteiger partial charge on any atom is 0.156 e. The van der Waals surface area contributed by atoms with Gasteiger partial charge in [-0.2, -0.15) is 24.9 Å². The number of hydrogen-bond acceptors (Lipinski definition) is 8. The number of halogens is 1. The Hall–Kier alpha value is -3.86. The van der Waals surface area contributed by atoms with Crippen LogP contribution in [0.5, 0.6) is 11.5 Å². The molecule has 0 spiro atoms. The zero-order valence-corrected chi connectivity index (χ0v) is 20.4. The summed E-state index contributed by atoms with van der Waals surface area (Å²) in [5.74, 6) is 1.22. The SMILES string of the molecule is C=Cc1nn(C)nc1-c1cccc(N)c1OC.COc1c(N)cccc1-c1nn(C)nc1Br. The topological polar surface area (TPSA) is 132 Å². The van der Waals surface area contributed by atoms with Crippen LogP contribution in [0, 0.1) is 0 Å². The molecule has 4 aromatic rings. The predicted molar refractivity (Wildman–Crippen MR) is 133 cm³/mol. The van der Waals surface area contributed by atoms with E-state index in [1.54, 1.807) is 46.5 Å². The van der Waals surface area contributed by atoms with Gasteiger partial charge >= 0.3 is 0 Å². The number of nitrogens with zero attached hydrogens (tertiary/aromatic N) is 6. The summed E-state index contributed by atoms with van der Waals surface area (Å²) in [5, 5.41) is 16.9. The molecule has 0 atom stereocenters. The molecule has 0 amide bonds. The van der Waals surface area contributed by atoms with Crippen molar-refractivity contribution in [1.82, 2.24) is 30.0 Å². The van der Waals surface area contributed by atoms with E-state index in [-0.39, 0.29) is 0 Å². The monoisotopic (exact) mass is 512 g/mol. The van der Waals surface area contributed by atoms with Crippen LogP contribution < -0.4 is 20.9 Å². The summed E-state index contributed by atoms with van der Waals surface area (Å²) in [6.45, 7) is 3.72. The van der Waals surface area contributed by atoms with Crippen LogP contribution in [0.2, 0.25) is 0 Å². The lowest BCUT2D eigenvalue weighted by molar-refractivity contribution is 0.418. The maximum atomic E-state index is 5.86. The van der Waals surface area contributed by atoms with E-state index in [1.807, 2.05) is 24.3 Å². The molecule has 2 aromatic heterocycles. The third-order valence-electron chi connectivity index (χ3n) is 4.62. The molecule has 0 aliphatic carbocycles. The molecular weight excluding hydrogens is 488 g/mol. The van der Waals surface area contributed by atoms with Gasteiger partial charge in [0, 0.05) is 25.2 Å². The standard InChI is InChI=1S/C12H14N4O.C10H11BrN4O/c1-4-10-11(15-16(2)14-10)8-6-5-7-9(13)12(8)17-3;1-15-13-8(10(11)14-15)6-4-3-5-7(12)9(6)16-2/h4-7H,1,13H2,2-3H3;3-5H,12H2,1-2H3. The highest BCUT2D eigenvalue weighted by Crippen LogP contribution is 2.36. The molecule has 11 heteroatoms. The normalized spacial score (nSPS) is 10.3. The number of benzene rings is 2. The molecule has 0 bridgehead atoms. The van der Waals surface area contributed by atoms with Gasteiger partial charge < -0.3 is 20.9 Å². The van der Waals surface area contributed by atoms with Gasteiger partial charge in [-0.05, 0) is 46.3 Å². The molecule has 0 saturated heterocycles. The van der Waals surface area contributed by atoms with Crippen LogP contribution in [-0.4, -0.2) is 44.2 Å². The number of para-hydroxylation sites is 2. The number of methoxy groups -OCH3 is 2. The summed E-state index contributed by atoms with van der Waals surface area (Å²) in [4.78, 5) is 2.98. The average Bonchev–Trinajstić information content (AvgIpc) is 3.34. The van der Waals surface area contributed by atoms with Crippen molar-refractivity contribution >= 4 is 33.4 Å². The lowest BCUT2D eigenvalue weighted by Crippen LogP contribution is -1.96. The fraction of sp³-hybridized carbons (Fsp3) is 0.182. The van der Waals surface area contributed by atoms with E-state index in [1.165, 1.54) is 9.59 Å². The molecule has 2 aromatic carbocycles. The molecule has 0 fully saturated rings. The highest BCUT2D eigenvalue weighted by molar-refractivity contribution is 9.10. The van der Waals surface area contributed by atoms with Crippen LogP contribution in [0.25, 0.3) is 28.6 Å². The molecule has 0 aliphatic rings. The van der Waals surface area contributed by atoms with Crippen LogP contribution in [-0.2, 0) is 14.1 Å². The largest absolute Gasteiger partial charge is 0.494 e. The minimum Gasteiger partial charge on any atom is -0.494 e. The first-order valence-corrected chi connectivity index (χ1v) is 10.6. The molecule has 33 heavy (non-hydrogen) atoms. The maximum absolute atomic E-state index is 5.86. The fourth-order valence-corrected chi connectivity index (χ4v) is 3.76. The summed E-state index contributed by atoms with van der Waals surface area (Å²) in [7, 11) is 6.68. The number of rotatable bonds is 5. The van der Waals surface area contributed by atoms with Crippen molar-refractivity contribution in [3.63, 3.8) is 0 Å².